The zero-order valence-corrected chi connectivity index (χ0v) is 12.6. The van der Waals surface area contributed by atoms with Crippen LogP contribution in [0, 0.1) is 25.5 Å². The van der Waals surface area contributed by atoms with E-state index >= 15 is 0 Å². The smallest absolute Gasteiger partial charge is 0.344 e. The summed E-state index contributed by atoms with van der Waals surface area (Å²) in [5.74, 6) is -2.83. The fourth-order valence-electron chi connectivity index (χ4n) is 1.88. The summed E-state index contributed by atoms with van der Waals surface area (Å²) < 4.78 is 36.4. The summed E-state index contributed by atoms with van der Waals surface area (Å²) in [6, 6.07) is 2.63. The number of amides is 1. The molecule has 1 aromatic carbocycles. The number of anilines is 1. The van der Waals surface area contributed by atoms with Gasteiger partial charge < -0.3 is 14.6 Å². The minimum Gasteiger partial charge on any atom is -0.449 e. The lowest BCUT2D eigenvalue weighted by molar-refractivity contribution is -0.123. The molecule has 1 N–H and O–H groups in total. The second-order valence-corrected chi connectivity index (χ2v) is 4.86. The SMILES string of the molecule is Cc1noc(C)c1C(=O)O[C@@H](C)C(=O)Nc1cc(F)ccc1F. The summed E-state index contributed by atoms with van der Waals surface area (Å²) in [6.07, 6.45) is -1.22. The number of nitrogens with one attached hydrogen (secondary N) is 1. The molecule has 0 radical (unpaired) electrons. The molecule has 0 saturated heterocycles. The molecule has 1 amide bonds. The van der Waals surface area contributed by atoms with E-state index in [2.05, 4.69) is 10.5 Å². The highest BCUT2D eigenvalue weighted by atomic mass is 19.1. The first-order chi connectivity index (χ1) is 10.8. The largest absolute Gasteiger partial charge is 0.449 e. The van der Waals surface area contributed by atoms with Crippen molar-refractivity contribution in [1.29, 1.82) is 0 Å². The molecule has 8 heteroatoms. The molecule has 122 valence electrons. The Kier molecular flexibility index (Phi) is 4.73. The van der Waals surface area contributed by atoms with Gasteiger partial charge in [0.2, 0.25) is 0 Å². The van der Waals surface area contributed by atoms with Crippen LogP contribution in [0.15, 0.2) is 22.7 Å². The predicted molar refractivity (Wildman–Crippen MR) is 75.8 cm³/mol. The Morgan fingerprint density at radius 2 is 2.00 bits per heavy atom. The molecule has 1 atom stereocenters. The van der Waals surface area contributed by atoms with Gasteiger partial charge in [0.15, 0.2) is 6.10 Å². The third-order valence-electron chi connectivity index (χ3n) is 3.08. The molecule has 0 bridgehead atoms. The Morgan fingerprint density at radius 3 is 2.61 bits per heavy atom. The molecule has 0 unspecified atom stereocenters. The van der Waals surface area contributed by atoms with Gasteiger partial charge in [0.1, 0.15) is 23.0 Å². The summed E-state index contributed by atoms with van der Waals surface area (Å²) in [6.45, 7) is 4.39. The molecule has 23 heavy (non-hydrogen) atoms. The maximum Gasteiger partial charge on any atom is 0.344 e. The number of halogens is 2. The van der Waals surface area contributed by atoms with Crippen molar-refractivity contribution in [3.8, 4) is 0 Å². The first-order valence-electron chi connectivity index (χ1n) is 6.69. The van der Waals surface area contributed by atoms with Crippen LogP contribution in [-0.4, -0.2) is 23.1 Å². The van der Waals surface area contributed by atoms with Crippen LogP contribution in [0.3, 0.4) is 0 Å². The van der Waals surface area contributed by atoms with Gasteiger partial charge in [-0.05, 0) is 32.9 Å². The molecule has 1 heterocycles. The Hall–Kier alpha value is -2.77. The van der Waals surface area contributed by atoms with Crippen LogP contribution in [0.1, 0.15) is 28.7 Å². The summed E-state index contributed by atoms with van der Waals surface area (Å²) >= 11 is 0. The van der Waals surface area contributed by atoms with Crippen molar-refractivity contribution in [3.05, 3.63) is 46.9 Å². The second kappa shape index (κ2) is 6.55. The van der Waals surface area contributed by atoms with E-state index in [-0.39, 0.29) is 17.0 Å². The molecule has 0 aliphatic carbocycles. The average molecular weight is 324 g/mol. The van der Waals surface area contributed by atoms with Gasteiger partial charge in [-0.3, -0.25) is 4.79 Å². The van der Waals surface area contributed by atoms with Crippen molar-refractivity contribution in [2.24, 2.45) is 0 Å². The molecule has 6 nitrogen and oxygen atoms in total. The van der Waals surface area contributed by atoms with Crippen LogP contribution in [-0.2, 0) is 9.53 Å². The van der Waals surface area contributed by atoms with Gasteiger partial charge in [-0.15, -0.1) is 0 Å². The standard InChI is InChI=1S/C15H14F2N2O4/c1-7-13(8(2)23-19-7)15(21)22-9(3)14(20)18-12-6-10(16)4-5-11(12)17/h4-6,9H,1-3H3,(H,18,20)/t9-/m0/s1. The second-order valence-electron chi connectivity index (χ2n) is 4.86. The fraction of sp³-hybridized carbons (Fsp3) is 0.267. The Morgan fingerprint density at radius 1 is 1.30 bits per heavy atom. The predicted octanol–water partition coefficient (Wildman–Crippen LogP) is 2.75. The molecule has 2 rings (SSSR count). The maximum atomic E-state index is 13.5. The van der Waals surface area contributed by atoms with Gasteiger partial charge in [0.05, 0.1) is 11.4 Å². The van der Waals surface area contributed by atoms with E-state index in [1.54, 1.807) is 6.92 Å². The normalized spacial score (nSPS) is 11.9. The molecular weight excluding hydrogens is 310 g/mol. The number of rotatable bonds is 4. The number of carbonyl (C=O) groups is 2. The van der Waals surface area contributed by atoms with E-state index in [1.807, 2.05) is 0 Å². The average Bonchev–Trinajstić information content (AvgIpc) is 2.81. The third-order valence-corrected chi connectivity index (χ3v) is 3.08. The van der Waals surface area contributed by atoms with Crippen LogP contribution < -0.4 is 5.32 Å². The van der Waals surface area contributed by atoms with Crippen molar-refractivity contribution in [2.75, 3.05) is 5.32 Å². The summed E-state index contributed by atoms with van der Waals surface area (Å²) in [4.78, 5) is 23.9. The zero-order valence-electron chi connectivity index (χ0n) is 12.6. The third kappa shape index (κ3) is 3.71. The number of benzene rings is 1. The lowest BCUT2D eigenvalue weighted by Crippen LogP contribution is -2.30. The van der Waals surface area contributed by atoms with Crippen LogP contribution in [0.5, 0.6) is 0 Å². The van der Waals surface area contributed by atoms with Crippen molar-refractivity contribution in [1.82, 2.24) is 5.16 Å². The van der Waals surface area contributed by atoms with E-state index < -0.39 is 29.6 Å². The number of nitrogens with zero attached hydrogens (tertiary/aromatic N) is 1. The van der Waals surface area contributed by atoms with Crippen LogP contribution >= 0.6 is 0 Å². The number of carbonyl (C=O) groups excluding carboxylic acids is 2. The zero-order chi connectivity index (χ0) is 17.1. The van der Waals surface area contributed by atoms with E-state index in [0.717, 1.165) is 18.2 Å². The Bertz CT molecular complexity index is 738. The van der Waals surface area contributed by atoms with E-state index in [9.17, 15) is 18.4 Å². The lowest BCUT2D eigenvalue weighted by atomic mass is 10.2. The fourth-order valence-corrected chi connectivity index (χ4v) is 1.88. The van der Waals surface area contributed by atoms with Gasteiger partial charge in [-0.2, -0.15) is 0 Å². The Labute approximate surface area is 130 Å². The molecule has 0 saturated carbocycles. The van der Waals surface area contributed by atoms with E-state index in [0.29, 0.717) is 5.69 Å². The van der Waals surface area contributed by atoms with Crippen molar-refractivity contribution < 1.29 is 27.6 Å². The van der Waals surface area contributed by atoms with E-state index in [1.165, 1.54) is 13.8 Å². The summed E-state index contributed by atoms with van der Waals surface area (Å²) in [5, 5.41) is 5.77. The van der Waals surface area contributed by atoms with Crippen LogP contribution in [0.2, 0.25) is 0 Å². The number of hydrogen-bond acceptors (Lipinski definition) is 5. The Balaban J connectivity index is 2.05. The van der Waals surface area contributed by atoms with Crippen LogP contribution in [0.4, 0.5) is 14.5 Å². The molecule has 0 aliphatic rings. The molecular formula is C15H14F2N2O4. The first-order valence-corrected chi connectivity index (χ1v) is 6.69. The maximum absolute atomic E-state index is 13.5. The number of ether oxygens (including phenoxy) is 1. The molecule has 0 fully saturated rings. The molecule has 0 aliphatic heterocycles. The van der Waals surface area contributed by atoms with Gasteiger partial charge in [-0.25, -0.2) is 13.6 Å². The summed E-state index contributed by atoms with van der Waals surface area (Å²) in [7, 11) is 0. The summed E-state index contributed by atoms with van der Waals surface area (Å²) in [5.41, 5.74) is 0.119. The number of esters is 1. The highest BCUT2D eigenvalue weighted by molar-refractivity contribution is 5.98. The van der Waals surface area contributed by atoms with Gasteiger partial charge in [0, 0.05) is 6.07 Å². The molecule has 1 aromatic heterocycles. The monoisotopic (exact) mass is 324 g/mol. The van der Waals surface area contributed by atoms with Crippen molar-refractivity contribution in [2.45, 2.75) is 26.9 Å². The van der Waals surface area contributed by atoms with Crippen LogP contribution in [0.25, 0.3) is 0 Å². The van der Waals surface area contributed by atoms with Crippen molar-refractivity contribution >= 4 is 17.6 Å². The number of aryl methyl sites for hydroxylation is 2. The highest BCUT2D eigenvalue weighted by Gasteiger charge is 2.24. The minimum absolute atomic E-state index is 0.126. The minimum atomic E-state index is -1.22. The van der Waals surface area contributed by atoms with Gasteiger partial charge >= 0.3 is 5.97 Å². The van der Waals surface area contributed by atoms with Crippen molar-refractivity contribution in [3.63, 3.8) is 0 Å². The number of hydrogen-bond donors (Lipinski definition) is 1. The van der Waals surface area contributed by atoms with E-state index in [4.69, 9.17) is 9.26 Å². The van der Waals surface area contributed by atoms with Gasteiger partial charge in [0.25, 0.3) is 5.91 Å². The number of aromatic nitrogens is 1. The molecule has 2 aromatic rings. The topological polar surface area (TPSA) is 81.4 Å². The first kappa shape index (κ1) is 16.6. The molecule has 0 spiro atoms. The quantitative estimate of drug-likeness (QED) is 0.875. The lowest BCUT2D eigenvalue weighted by Gasteiger charge is -2.13. The van der Waals surface area contributed by atoms with Gasteiger partial charge in [-0.1, -0.05) is 5.16 Å². The highest BCUT2D eigenvalue weighted by Crippen LogP contribution is 2.17.